The highest BCUT2D eigenvalue weighted by molar-refractivity contribution is 5.44. The molecule has 0 bridgehead atoms. The van der Waals surface area contributed by atoms with Gasteiger partial charge in [-0.1, -0.05) is 19.9 Å². The van der Waals surface area contributed by atoms with Gasteiger partial charge in [0.15, 0.2) is 0 Å². The van der Waals surface area contributed by atoms with Gasteiger partial charge < -0.3 is 14.5 Å². The van der Waals surface area contributed by atoms with Gasteiger partial charge in [-0.25, -0.2) is 4.98 Å². The first-order chi connectivity index (χ1) is 13.3. The molecule has 0 N–H and O–H groups in total. The second-order valence-corrected chi connectivity index (χ2v) is 9.25. The third-order valence-corrected chi connectivity index (χ3v) is 6.11. The van der Waals surface area contributed by atoms with Crippen LogP contribution in [-0.4, -0.2) is 72.4 Å². The molecule has 2 fully saturated rings. The second-order valence-electron chi connectivity index (χ2n) is 9.25. The van der Waals surface area contributed by atoms with Crippen molar-refractivity contribution in [1.82, 2.24) is 14.8 Å². The summed E-state index contributed by atoms with van der Waals surface area (Å²) in [6.07, 6.45) is 1.86. The van der Waals surface area contributed by atoms with Gasteiger partial charge >= 0.3 is 0 Å². The van der Waals surface area contributed by atoms with Crippen molar-refractivity contribution >= 4 is 5.82 Å². The van der Waals surface area contributed by atoms with E-state index in [9.17, 15) is 5.26 Å². The van der Waals surface area contributed by atoms with Gasteiger partial charge in [0.05, 0.1) is 17.9 Å². The SMILES string of the molecule is CC(C)CN1CCN(C2(N(C)c3cccc(C#N)n3)CCOC(C)(C)C2)CC1. The van der Waals surface area contributed by atoms with Crippen molar-refractivity contribution in [3.8, 4) is 6.07 Å². The second kappa shape index (κ2) is 8.36. The Morgan fingerprint density at radius 1 is 1.25 bits per heavy atom. The van der Waals surface area contributed by atoms with Gasteiger partial charge in [0.2, 0.25) is 0 Å². The Morgan fingerprint density at radius 2 is 1.96 bits per heavy atom. The molecule has 1 atom stereocenters. The van der Waals surface area contributed by atoms with Gasteiger partial charge in [-0.3, -0.25) is 4.90 Å². The molecule has 1 unspecified atom stereocenters. The number of hydrogen-bond donors (Lipinski definition) is 0. The number of ether oxygens (including phenoxy) is 1. The van der Waals surface area contributed by atoms with Gasteiger partial charge in [0.25, 0.3) is 0 Å². The lowest BCUT2D eigenvalue weighted by Gasteiger charge is -2.57. The number of anilines is 1. The molecular weight excluding hydrogens is 350 g/mol. The van der Waals surface area contributed by atoms with Gasteiger partial charge in [-0.2, -0.15) is 5.26 Å². The monoisotopic (exact) mass is 385 g/mol. The zero-order chi connectivity index (χ0) is 20.4. The van der Waals surface area contributed by atoms with Crippen LogP contribution in [0.2, 0.25) is 0 Å². The van der Waals surface area contributed by atoms with Crippen LogP contribution in [0.4, 0.5) is 5.82 Å². The van der Waals surface area contributed by atoms with Crippen LogP contribution in [0.15, 0.2) is 18.2 Å². The molecule has 28 heavy (non-hydrogen) atoms. The minimum Gasteiger partial charge on any atom is -0.375 e. The molecule has 0 aliphatic carbocycles. The van der Waals surface area contributed by atoms with Crippen molar-refractivity contribution < 1.29 is 4.74 Å². The molecule has 0 spiro atoms. The number of nitriles is 1. The molecule has 6 heteroatoms. The fourth-order valence-corrected chi connectivity index (χ4v) is 4.83. The van der Waals surface area contributed by atoms with Crippen molar-refractivity contribution in [2.75, 3.05) is 51.3 Å². The molecule has 0 amide bonds. The summed E-state index contributed by atoms with van der Waals surface area (Å²) in [7, 11) is 2.13. The Hall–Kier alpha value is -1.68. The van der Waals surface area contributed by atoms with Crippen LogP contribution in [0.3, 0.4) is 0 Å². The number of nitrogens with zero attached hydrogens (tertiary/aromatic N) is 5. The number of piperazine rings is 1. The van der Waals surface area contributed by atoms with Crippen molar-refractivity contribution in [3.05, 3.63) is 23.9 Å². The van der Waals surface area contributed by atoms with E-state index >= 15 is 0 Å². The summed E-state index contributed by atoms with van der Waals surface area (Å²) < 4.78 is 6.08. The highest BCUT2D eigenvalue weighted by Gasteiger charge is 2.49. The Balaban J connectivity index is 1.87. The quantitative estimate of drug-likeness (QED) is 0.777. The molecule has 2 aliphatic rings. The molecule has 2 aliphatic heterocycles. The van der Waals surface area contributed by atoms with E-state index in [4.69, 9.17) is 4.74 Å². The average Bonchev–Trinajstić information content (AvgIpc) is 2.66. The third kappa shape index (κ3) is 4.48. The number of pyridine rings is 1. The molecule has 3 rings (SSSR count). The van der Waals surface area contributed by atoms with Crippen LogP contribution in [0, 0.1) is 17.2 Å². The summed E-state index contributed by atoms with van der Waals surface area (Å²) in [6, 6.07) is 7.88. The summed E-state index contributed by atoms with van der Waals surface area (Å²) in [5, 5.41) is 9.28. The maximum absolute atomic E-state index is 9.28. The van der Waals surface area contributed by atoms with Crippen LogP contribution in [0.5, 0.6) is 0 Å². The van der Waals surface area contributed by atoms with E-state index < -0.39 is 0 Å². The van der Waals surface area contributed by atoms with Crippen LogP contribution in [-0.2, 0) is 4.74 Å². The van der Waals surface area contributed by atoms with E-state index in [1.807, 2.05) is 12.1 Å². The maximum Gasteiger partial charge on any atom is 0.142 e. The Labute approximate surface area is 170 Å². The molecule has 154 valence electrons. The first-order valence-electron chi connectivity index (χ1n) is 10.5. The zero-order valence-corrected chi connectivity index (χ0v) is 18.1. The summed E-state index contributed by atoms with van der Waals surface area (Å²) in [5.41, 5.74) is 0.133. The van der Waals surface area contributed by atoms with Crippen molar-refractivity contribution in [2.45, 2.75) is 51.8 Å². The Kier molecular flexibility index (Phi) is 6.28. The highest BCUT2D eigenvalue weighted by atomic mass is 16.5. The summed E-state index contributed by atoms with van der Waals surface area (Å²) in [4.78, 5) is 12.1. The van der Waals surface area contributed by atoms with Crippen LogP contribution in [0.1, 0.15) is 46.2 Å². The molecular formula is C22H35N5O. The fraction of sp³-hybridized carbons (Fsp3) is 0.727. The van der Waals surface area contributed by atoms with Crippen LogP contribution >= 0.6 is 0 Å². The van der Waals surface area contributed by atoms with E-state index in [0.29, 0.717) is 11.6 Å². The third-order valence-electron chi connectivity index (χ3n) is 6.11. The average molecular weight is 386 g/mol. The lowest BCUT2D eigenvalue weighted by Crippen LogP contribution is -2.68. The predicted molar refractivity (Wildman–Crippen MR) is 112 cm³/mol. The molecule has 6 nitrogen and oxygen atoms in total. The highest BCUT2D eigenvalue weighted by Crippen LogP contribution is 2.40. The van der Waals surface area contributed by atoms with E-state index in [0.717, 1.165) is 58.0 Å². The smallest absolute Gasteiger partial charge is 0.142 e. The molecule has 0 radical (unpaired) electrons. The molecule has 1 aromatic rings. The van der Waals surface area contributed by atoms with Gasteiger partial charge in [-0.15, -0.1) is 0 Å². The largest absolute Gasteiger partial charge is 0.375 e. The first kappa shape index (κ1) is 21.0. The predicted octanol–water partition coefficient (Wildman–Crippen LogP) is 2.95. The minimum atomic E-state index is -0.186. The van der Waals surface area contributed by atoms with Gasteiger partial charge in [0, 0.05) is 52.6 Å². The summed E-state index contributed by atoms with van der Waals surface area (Å²) in [6.45, 7) is 15.1. The lowest BCUT2D eigenvalue weighted by molar-refractivity contribution is -0.127. The number of aromatic nitrogens is 1. The van der Waals surface area contributed by atoms with Crippen molar-refractivity contribution in [2.24, 2.45) is 5.92 Å². The van der Waals surface area contributed by atoms with Crippen molar-refractivity contribution in [1.29, 1.82) is 5.26 Å². The summed E-state index contributed by atoms with van der Waals surface area (Å²) >= 11 is 0. The molecule has 3 heterocycles. The van der Waals surface area contributed by atoms with E-state index in [-0.39, 0.29) is 11.3 Å². The minimum absolute atomic E-state index is 0.146. The van der Waals surface area contributed by atoms with E-state index in [1.54, 1.807) is 6.07 Å². The van der Waals surface area contributed by atoms with Gasteiger partial charge in [0.1, 0.15) is 17.6 Å². The van der Waals surface area contributed by atoms with Crippen LogP contribution in [0.25, 0.3) is 0 Å². The molecule has 0 saturated carbocycles. The maximum atomic E-state index is 9.28. The molecule has 1 aromatic heterocycles. The normalized spacial score (nSPS) is 26.2. The topological polar surface area (TPSA) is 55.6 Å². The van der Waals surface area contributed by atoms with Crippen LogP contribution < -0.4 is 4.90 Å². The number of rotatable bonds is 5. The number of hydrogen-bond acceptors (Lipinski definition) is 6. The first-order valence-corrected chi connectivity index (χ1v) is 10.5. The Morgan fingerprint density at radius 3 is 2.57 bits per heavy atom. The lowest BCUT2D eigenvalue weighted by atomic mass is 9.85. The molecule has 0 aromatic carbocycles. The van der Waals surface area contributed by atoms with E-state index in [2.05, 4.69) is 60.5 Å². The fourth-order valence-electron chi connectivity index (χ4n) is 4.83. The van der Waals surface area contributed by atoms with Gasteiger partial charge in [-0.05, 0) is 31.9 Å². The Bertz CT molecular complexity index is 705. The standard InChI is InChI=1S/C22H35N5O/c1-18(2)16-26-10-12-27(13-11-26)22(9-14-28-21(3,4)17-22)25(5)20-8-6-7-19(15-23)24-20/h6-8,18H,9-14,16-17H2,1-5H3. The zero-order valence-electron chi connectivity index (χ0n) is 18.1. The molecule has 2 saturated heterocycles. The summed E-state index contributed by atoms with van der Waals surface area (Å²) in [5.74, 6) is 1.56. The van der Waals surface area contributed by atoms with Crippen molar-refractivity contribution in [3.63, 3.8) is 0 Å². The van der Waals surface area contributed by atoms with E-state index in [1.165, 1.54) is 0 Å².